The zero-order chi connectivity index (χ0) is 13.0. The fourth-order valence-corrected chi connectivity index (χ4v) is 1.48. The van der Waals surface area contributed by atoms with Gasteiger partial charge in [0, 0.05) is 11.9 Å². The lowest BCUT2D eigenvalue weighted by Gasteiger charge is -2.06. The second-order valence-corrected chi connectivity index (χ2v) is 3.52. The lowest BCUT2D eigenvalue weighted by Crippen LogP contribution is -2.17. The third-order valence-electron chi connectivity index (χ3n) is 2.29. The van der Waals surface area contributed by atoms with E-state index in [-0.39, 0.29) is 11.3 Å². The van der Waals surface area contributed by atoms with Crippen molar-refractivity contribution in [3.63, 3.8) is 0 Å². The Bertz CT molecular complexity index is 582. The van der Waals surface area contributed by atoms with Crippen molar-refractivity contribution in [2.24, 2.45) is 0 Å². The highest BCUT2D eigenvalue weighted by Gasteiger charge is 2.17. The van der Waals surface area contributed by atoms with Gasteiger partial charge >= 0.3 is 5.97 Å². The molecular formula is C13H10N2O3. The predicted octanol–water partition coefficient (Wildman–Crippen LogP) is 2.03. The number of aromatic nitrogens is 1. The average Bonchev–Trinajstić information content (AvgIpc) is 2.40. The molecule has 0 bridgehead atoms. The van der Waals surface area contributed by atoms with E-state index in [1.165, 1.54) is 18.3 Å². The first-order valence-corrected chi connectivity index (χ1v) is 5.23. The fraction of sp³-hybridized carbons (Fsp3) is 0. The molecule has 2 rings (SSSR count). The predicted molar refractivity (Wildman–Crippen MR) is 65.6 cm³/mol. The minimum absolute atomic E-state index is 0.0360. The maximum atomic E-state index is 11.9. The Morgan fingerprint density at radius 3 is 2.44 bits per heavy atom. The van der Waals surface area contributed by atoms with E-state index in [4.69, 9.17) is 5.11 Å². The Balaban J connectivity index is 2.27. The first-order valence-electron chi connectivity index (χ1n) is 5.23. The molecule has 1 aromatic carbocycles. The van der Waals surface area contributed by atoms with Crippen LogP contribution in [0.4, 0.5) is 5.69 Å². The Morgan fingerprint density at radius 1 is 1.06 bits per heavy atom. The first kappa shape index (κ1) is 11.8. The lowest BCUT2D eigenvalue weighted by molar-refractivity contribution is 0.0686. The van der Waals surface area contributed by atoms with Crippen LogP contribution in [0.1, 0.15) is 20.8 Å². The van der Waals surface area contributed by atoms with Crippen molar-refractivity contribution in [3.8, 4) is 0 Å². The molecular weight excluding hydrogens is 232 g/mol. The van der Waals surface area contributed by atoms with Crippen LogP contribution in [-0.4, -0.2) is 22.0 Å². The van der Waals surface area contributed by atoms with Gasteiger partial charge in [0.1, 0.15) is 0 Å². The molecule has 90 valence electrons. The summed E-state index contributed by atoms with van der Waals surface area (Å²) in [5.74, 6) is -1.72. The largest absolute Gasteiger partial charge is 0.476 e. The van der Waals surface area contributed by atoms with Crippen LogP contribution in [0.5, 0.6) is 0 Å². The average molecular weight is 242 g/mol. The Morgan fingerprint density at radius 2 is 1.78 bits per heavy atom. The number of nitrogens with zero attached hydrogens (tertiary/aromatic N) is 1. The Hall–Kier alpha value is -2.69. The molecule has 0 saturated heterocycles. The van der Waals surface area contributed by atoms with Crippen molar-refractivity contribution in [3.05, 3.63) is 59.9 Å². The summed E-state index contributed by atoms with van der Waals surface area (Å²) in [6, 6.07) is 11.8. The number of amides is 1. The topological polar surface area (TPSA) is 79.3 Å². The van der Waals surface area contributed by atoms with Gasteiger partial charge in [0.15, 0.2) is 5.69 Å². The molecule has 0 spiro atoms. The zero-order valence-electron chi connectivity index (χ0n) is 9.33. The van der Waals surface area contributed by atoms with E-state index < -0.39 is 11.9 Å². The number of carboxylic acid groups (broad SMARTS) is 1. The standard InChI is InChI=1S/C13H10N2O3/c16-12(15-9-5-2-1-3-6-9)10-7-4-8-14-11(10)13(17)18/h1-8H,(H,15,16)(H,17,18). The van der Waals surface area contributed by atoms with Crippen LogP contribution in [0.15, 0.2) is 48.7 Å². The molecule has 0 radical (unpaired) electrons. The number of carbonyl (C=O) groups is 2. The third-order valence-corrected chi connectivity index (χ3v) is 2.29. The lowest BCUT2D eigenvalue weighted by atomic mass is 10.1. The van der Waals surface area contributed by atoms with Crippen LogP contribution in [0, 0.1) is 0 Å². The number of anilines is 1. The number of carboxylic acids is 1. The van der Waals surface area contributed by atoms with Crippen molar-refractivity contribution >= 4 is 17.6 Å². The monoisotopic (exact) mass is 242 g/mol. The molecule has 5 nitrogen and oxygen atoms in total. The van der Waals surface area contributed by atoms with Gasteiger partial charge in [-0.1, -0.05) is 18.2 Å². The molecule has 1 aromatic heterocycles. The number of nitrogens with one attached hydrogen (secondary N) is 1. The molecule has 2 aromatic rings. The Kier molecular flexibility index (Phi) is 3.33. The second-order valence-electron chi connectivity index (χ2n) is 3.52. The van der Waals surface area contributed by atoms with Crippen LogP contribution in [0.25, 0.3) is 0 Å². The molecule has 0 unspecified atom stereocenters. The Labute approximate surface area is 103 Å². The van der Waals surface area contributed by atoms with Crippen LogP contribution >= 0.6 is 0 Å². The summed E-state index contributed by atoms with van der Waals surface area (Å²) < 4.78 is 0. The van der Waals surface area contributed by atoms with Crippen molar-refractivity contribution in [2.75, 3.05) is 5.32 Å². The van der Waals surface area contributed by atoms with Gasteiger partial charge in [0.25, 0.3) is 5.91 Å². The molecule has 0 aliphatic heterocycles. The van der Waals surface area contributed by atoms with Crippen LogP contribution in [0.2, 0.25) is 0 Å². The molecule has 1 heterocycles. The SMILES string of the molecule is O=C(Nc1ccccc1)c1cccnc1C(=O)O. The maximum absolute atomic E-state index is 11.9. The summed E-state index contributed by atoms with van der Waals surface area (Å²) in [6.45, 7) is 0. The number of aromatic carboxylic acids is 1. The van der Waals surface area contributed by atoms with E-state index in [1.54, 1.807) is 24.3 Å². The van der Waals surface area contributed by atoms with Crippen molar-refractivity contribution in [2.45, 2.75) is 0 Å². The van der Waals surface area contributed by atoms with Crippen molar-refractivity contribution < 1.29 is 14.7 Å². The van der Waals surface area contributed by atoms with Crippen molar-refractivity contribution in [1.29, 1.82) is 0 Å². The molecule has 0 saturated carbocycles. The molecule has 0 aliphatic rings. The molecule has 0 fully saturated rings. The van der Waals surface area contributed by atoms with Gasteiger partial charge in [0.05, 0.1) is 5.56 Å². The number of pyridine rings is 1. The van der Waals surface area contributed by atoms with E-state index in [9.17, 15) is 9.59 Å². The number of benzene rings is 1. The molecule has 5 heteroatoms. The van der Waals surface area contributed by atoms with Crippen LogP contribution < -0.4 is 5.32 Å². The van der Waals surface area contributed by atoms with E-state index in [0.29, 0.717) is 5.69 Å². The van der Waals surface area contributed by atoms with E-state index in [0.717, 1.165) is 0 Å². The fourth-order valence-electron chi connectivity index (χ4n) is 1.48. The van der Waals surface area contributed by atoms with Gasteiger partial charge in [-0.15, -0.1) is 0 Å². The number of hydrogen-bond acceptors (Lipinski definition) is 3. The molecule has 0 aliphatic carbocycles. The number of carbonyl (C=O) groups excluding carboxylic acids is 1. The summed E-state index contributed by atoms with van der Waals surface area (Å²) in [4.78, 5) is 26.5. The summed E-state index contributed by atoms with van der Waals surface area (Å²) in [6.07, 6.45) is 1.34. The first-order chi connectivity index (χ1) is 8.68. The highest BCUT2D eigenvalue weighted by atomic mass is 16.4. The molecule has 1 amide bonds. The quantitative estimate of drug-likeness (QED) is 0.863. The highest BCUT2D eigenvalue weighted by molar-refractivity contribution is 6.09. The number of para-hydroxylation sites is 1. The van der Waals surface area contributed by atoms with E-state index in [2.05, 4.69) is 10.3 Å². The minimum atomic E-state index is -1.23. The zero-order valence-corrected chi connectivity index (χ0v) is 9.33. The highest BCUT2D eigenvalue weighted by Crippen LogP contribution is 2.11. The minimum Gasteiger partial charge on any atom is -0.476 e. The van der Waals surface area contributed by atoms with E-state index in [1.807, 2.05) is 6.07 Å². The van der Waals surface area contributed by atoms with Crippen molar-refractivity contribution in [1.82, 2.24) is 4.98 Å². The molecule has 0 atom stereocenters. The summed E-state index contributed by atoms with van der Waals surface area (Å²) in [5.41, 5.74) is 0.377. The van der Waals surface area contributed by atoms with Crippen LogP contribution in [-0.2, 0) is 0 Å². The van der Waals surface area contributed by atoms with Gasteiger partial charge in [0.2, 0.25) is 0 Å². The van der Waals surface area contributed by atoms with E-state index >= 15 is 0 Å². The molecule has 2 N–H and O–H groups in total. The maximum Gasteiger partial charge on any atom is 0.355 e. The summed E-state index contributed by atoms with van der Waals surface area (Å²) in [5, 5.41) is 11.5. The third kappa shape index (κ3) is 2.52. The van der Waals surface area contributed by atoms with Gasteiger partial charge in [-0.25, -0.2) is 9.78 Å². The van der Waals surface area contributed by atoms with Gasteiger partial charge in [-0.3, -0.25) is 4.79 Å². The number of rotatable bonds is 3. The summed E-state index contributed by atoms with van der Waals surface area (Å²) in [7, 11) is 0. The van der Waals surface area contributed by atoms with Gasteiger partial charge in [-0.2, -0.15) is 0 Å². The second kappa shape index (κ2) is 5.09. The van der Waals surface area contributed by atoms with Crippen LogP contribution in [0.3, 0.4) is 0 Å². The normalized spacial score (nSPS) is 9.78. The molecule has 18 heavy (non-hydrogen) atoms. The van der Waals surface area contributed by atoms with Gasteiger partial charge < -0.3 is 10.4 Å². The number of hydrogen-bond donors (Lipinski definition) is 2. The smallest absolute Gasteiger partial charge is 0.355 e. The van der Waals surface area contributed by atoms with Gasteiger partial charge in [-0.05, 0) is 24.3 Å². The summed E-state index contributed by atoms with van der Waals surface area (Å²) >= 11 is 0.